The molecule has 90 valence electrons. The fourth-order valence-corrected chi connectivity index (χ4v) is 2.15. The highest BCUT2D eigenvalue weighted by atomic mass is 79.9. The zero-order valence-electron chi connectivity index (χ0n) is 9.16. The second-order valence-electron chi connectivity index (χ2n) is 3.22. The van der Waals surface area contributed by atoms with Gasteiger partial charge in [0.15, 0.2) is 0 Å². The van der Waals surface area contributed by atoms with Crippen molar-refractivity contribution in [2.24, 2.45) is 0 Å². The van der Waals surface area contributed by atoms with E-state index in [1.807, 2.05) is 0 Å². The van der Waals surface area contributed by atoms with E-state index in [1.165, 1.54) is 13.2 Å². The van der Waals surface area contributed by atoms with Crippen LogP contribution in [0.3, 0.4) is 0 Å². The molecule has 4 nitrogen and oxygen atoms in total. The molecule has 0 spiro atoms. The van der Waals surface area contributed by atoms with Crippen molar-refractivity contribution in [3.05, 3.63) is 22.7 Å². The van der Waals surface area contributed by atoms with E-state index in [9.17, 15) is 4.53 Å². The molecule has 2 rings (SSSR count). The topological polar surface area (TPSA) is 40.6 Å². The number of fused-ring (bicyclic) bond motifs is 1. The largest absolute Gasteiger partial charge is 0.496 e. The highest BCUT2D eigenvalue weighted by Gasteiger charge is 2.13. The van der Waals surface area contributed by atoms with Gasteiger partial charge in [-0.05, 0) is 28.1 Å². The third-order valence-electron chi connectivity index (χ3n) is 2.34. The number of ether oxygens (including phenoxy) is 2. The van der Waals surface area contributed by atoms with Gasteiger partial charge in [0.25, 0.3) is 5.88 Å². The van der Waals surface area contributed by atoms with Crippen LogP contribution in [-0.2, 0) is 0 Å². The fourth-order valence-electron chi connectivity index (χ4n) is 1.55. The summed E-state index contributed by atoms with van der Waals surface area (Å²) in [7, 11) is 3.04. The van der Waals surface area contributed by atoms with Crippen molar-refractivity contribution in [2.75, 3.05) is 14.2 Å². The van der Waals surface area contributed by atoms with E-state index in [2.05, 4.69) is 25.9 Å². The van der Waals surface area contributed by atoms with E-state index in [0.717, 1.165) is 5.39 Å². The summed E-state index contributed by atoms with van der Waals surface area (Å²) in [5.41, 5.74) is 0.511. The Kier molecular flexibility index (Phi) is 3.33. The molecule has 0 bridgehead atoms. The maximum atomic E-state index is 12.2. The fraction of sp³-hybridized carbons (Fsp3) is 0.182. The Hall–Kier alpha value is -1.56. The lowest BCUT2D eigenvalue weighted by molar-refractivity contribution is -0.0117. The van der Waals surface area contributed by atoms with Crippen LogP contribution in [0.5, 0.6) is 17.4 Å². The first-order chi connectivity index (χ1) is 8.21. The number of halogens is 2. The number of hydrogen-bond acceptors (Lipinski definition) is 4. The van der Waals surface area contributed by atoms with Gasteiger partial charge in [-0.3, -0.25) is 4.94 Å². The molecule has 0 radical (unpaired) electrons. The normalized spacial score (nSPS) is 10.4. The molecule has 0 saturated carbocycles. The third kappa shape index (κ3) is 2.00. The summed E-state index contributed by atoms with van der Waals surface area (Å²) in [5.74, 6) is 0.914. The van der Waals surface area contributed by atoms with E-state index in [1.54, 1.807) is 19.2 Å². The zero-order valence-corrected chi connectivity index (χ0v) is 10.7. The molecule has 0 saturated heterocycles. The van der Waals surface area contributed by atoms with E-state index in [4.69, 9.17) is 9.47 Å². The van der Waals surface area contributed by atoms with Crippen molar-refractivity contribution in [1.29, 1.82) is 0 Å². The molecule has 1 aromatic carbocycles. The molecule has 6 heteroatoms. The minimum absolute atomic E-state index is 0.164. The number of hydrogen-bond donors (Lipinski definition) is 0. The Labute approximate surface area is 105 Å². The molecule has 0 N–H and O–H groups in total. The molecule has 0 fully saturated rings. The standard InChI is InChI=1S/C11H9BrFNO3/c1-15-7-4-3-6-8(16-2)5-9(17-13)14-11(6)10(7)12/h3-5H,1-2H3. The van der Waals surface area contributed by atoms with Gasteiger partial charge in [0.05, 0.1) is 24.2 Å². The van der Waals surface area contributed by atoms with E-state index < -0.39 is 0 Å². The molecule has 0 aliphatic rings. The second kappa shape index (κ2) is 4.75. The molecule has 1 aromatic heterocycles. The molecule has 17 heavy (non-hydrogen) atoms. The van der Waals surface area contributed by atoms with Crippen LogP contribution in [0.1, 0.15) is 0 Å². The first-order valence-electron chi connectivity index (χ1n) is 4.71. The van der Waals surface area contributed by atoms with Crippen LogP contribution in [0.15, 0.2) is 22.7 Å². The summed E-state index contributed by atoms with van der Waals surface area (Å²) >= 11 is 3.35. The van der Waals surface area contributed by atoms with E-state index >= 15 is 0 Å². The molecular weight excluding hydrogens is 293 g/mol. The van der Waals surface area contributed by atoms with Crippen LogP contribution in [0.2, 0.25) is 0 Å². The lowest BCUT2D eigenvalue weighted by Crippen LogP contribution is -1.93. The molecule has 0 unspecified atom stereocenters. The number of aromatic nitrogens is 1. The number of methoxy groups -OCH3 is 2. The lowest BCUT2D eigenvalue weighted by atomic mass is 10.2. The molecule has 0 amide bonds. The Bertz CT molecular complexity index is 562. The van der Waals surface area contributed by atoms with Crippen molar-refractivity contribution < 1.29 is 18.9 Å². The van der Waals surface area contributed by atoms with Crippen molar-refractivity contribution in [2.45, 2.75) is 0 Å². The number of rotatable bonds is 3. The first-order valence-corrected chi connectivity index (χ1v) is 5.50. The molecule has 0 atom stereocenters. The van der Waals surface area contributed by atoms with Crippen molar-refractivity contribution in [3.8, 4) is 17.4 Å². The highest BCUT2D eigenvalue weighted by Crippen LogP contribution is 2.37. The average molecular weight is 302 g/mol. The average Bonchev–Trinajstić information content (AvgIpc) is 2.38. The molecule has 0 aliphatic heterocycles. The van der Waals surface area contributed by atoms with Gasteiger partial charge >= 0.3 is 0 Å². The van der Waals surface area contributed by atoms with Crippen molar-refractivity contribution >= 4 is 26.8 Å². The Morgan fingerprint density at radius 3 is 2.47 bits per heavy atom. The van der Waals surface area contributed by atoms with E-state index in [-0.39, 0.29) is 5.88 Å². The van der Waals surface area contributed by atoms with Gasteiger partial charge in [-0.25, -0.2) is 4.98 Å². The van der Waals surface area contributed by atoms with Crippen LogP contribution < -0.4 is 14.4 Å². The van der Waals surface area contributed by atoms with Gasteiger partial charge in [0.2, 0.25) is 0 Å². The summed E-state index contributed by atoms with van der Waals surface area (Å²) < 4.78 is 23.1. The summed E-state index contributed by atoms with van der Waals surface area (Å²) in [6.07, 6.45) is 0. The van der Waals surface area contributed by atoms with Crippen LogP contribution in [0.25, 0.3) is 10.9 Å². The van der Waals surface area contributed by atoms with Crippen LogP contribution in [-0.4, -0.2) is 19.2 Å². The van der Waals surface area contributed by atoms with Crippen LogP contribution >= 0.6 is 15.9 Å². The first kappa shape index (κ1) is 11.9. The van der Waals surface area contributed by atoms with Gasteiger partial charge < -0.3 is 9.47 Å². The lowest BCUT2D eigenvalue weighted by Gasteiger charge is -2.09. The summed E-state index contributed by atoms with van der Waals surface area (Å²) in [4.78, 5) is 7.65. The monoisotopic (exact) mass is 301 g/mol. The Balaban J connectivity index is 2.80. The second-order valence-corrected chi connectivity index (χ2v) is 4.01. The minimum Gasteiger partial charge on any atom is -0.496 e. The quantitative estimate of drug-likeness (QED) is 0.872. The molecule has 2 aromatic rings. The Morgan fingerprint density at radius 1 is 1.18 bits per heavy atom. The maximum absolute atomic E-state index is 12.2. The third-order valence-corrected chi connectivity index (χ3v) is 3.11. The maximum Gasteiger partial charge on any atom is 0.267 e. The molecule has 0 aliphatic carbocycles. The van der Waals surface area contributed by atoms with Gasteiger partial charge in [-0.2, -0.15) is 0 Å². The summed E-state index contributed by atoms with van der Waals surface area (Å²) in [6.45, 7) is 0. The highest BCUT2D eigenvalue weighted by molar-refractivity contribution is 9.10. The van der Waals surface area contributed by atoms with Crippen LogP contribution in [0.4, 0.5) is 4.53 Å². The Morgan fingerprint density at radius 2 is 1.88 bits per heavy atom. The minimum atomic E-state index is -0.164. The molecular formula is C11H9BrFNO3. The predicted octanol–water partition coefficient (Wildman–Crippen LogP) is 3.28. The summed E-state index contributed by atoms with van der Waals surface area (Å²) in [5, 5.41) is 0.737. The number of pyridine rings is 1. The van der Waals surface area contributed by atoms with Crippen LogP contribution in [0, 0.1) is 0 Å². The van der Waals surface area contributed by atoms with Crippen molar-refractivity contribution in [1.82, 2.24) is 4.98 Å². The van der Waals surface area contributed by atoms with Gasteiger partial charge in [0, 0.05) is 16.0 Å². The SMILES string of the molecule is COc1ccc2c(OC)cc(OF)nc2c1Br. The number of benzene rings is 1. The summed E-state index contributed by atoms with van der Waals surface area (Å²) in [6, 6.07) is 4.93. The smallest absolute Gasteiger partial charge is 0.267 e. The van der Waals surface area contributed by atoms with E-state index in [0.29, 0.717) is 21.5 Å². The number of nitrogens with zero attached hydrogens (tertiary/aromatic N) is 1. The van der Waals surface area contributed by atoms with Gasteiger partial charge in [-0.15, -0.1) is 0 Å². The zero-order chi connectivity index (χ0) is 12.4. The van der Waals surface area contributed by atoms with Gasteiger partial charge in [-0.1, -0.05) is 0 Å². The molecule has 1 heterocycles. The van der Waals surface area contributed by atoms with Gasteiger partial charge in [0.1, 0.15) is 11.5 Å². The van der Waals surface area contributed by atoms with Crippen molar-refractivity contribution in [3.63, 3.8) is 0 Å². The predicted molar refractivity (Wildman–Crippen MR) is 64.3 cm³/mol.